The second kappa shape index (κ2) is 11.3. The van der Waals surface area contributed by atoms with E-state index >= 15 is 0 Å². The molecular formula is C22H40O. The molecule has 0 radical (unpaired) electrons. The fourth-order valence-electron chi connectivity index (χ4n) is 4.87. The van der Waals surface area contributed by atoms with Gasteiger partial charge in [0.15, 0.2) is 0 Å². The number of hydrogen-bond donors (Lipinski definition) is 0. The Kier molecular flexibility index (Phi) is 9.34. The maximum Gasteiger partial charge on any atom is 0.0647 e. The van der Waals surface area contributed by atoms with Crippen LogP contribution in [0.1, 0.15) is 90.9 Å². The Morgan fingerprint density at radius 1 is 0.826 bits per heavy atom. The summed E-state index contributed by atoms with van der Waals surface area (Å²) in [5.41, 5.74) is 0. The highest BCUT2D eigenvalue weighted by Gasteiger charge is 2.30. The van der Waals surface area contributed by atoms with E-state index in [1.807, 2.05) is 0 Å². The first-order valence-corrected chi connectivity index (χ1v) is 10.6. The molecule has 23 heavy (non-hydrogen) atoms. The molecule has 0 aromatic rings. The van der Waals surface area contributed by atoms with Gasteiger partial charge in [0.05, 0.1) is 6.61 Å². The van der Waals surface area contributed by atoms with Gasteiger partial charge in [0.2, 0.25) is 0 Å². The van der Waals surface area contributed by atoms with Gasteiger partial charge in [-0.05, 0) is 69.1 Å². The molecule has 0 unspecified atom stereocenters. The molecule has 0 N–H and O–H groups in total. The van der Waals surface area contributed by atoms with E-state index in [9.17, 15) is 0 Å². The van der Waals surface area contributed by atoms with Gasteiger partial charge in [-0.1, -0.05) is 57.6 Å². The van der Waals surface area contributed by atoms with Crippen LogP contribution >= 0.6 is 0 Å². The molecular weight excluding hydrogens is 280 g/mol. The van der Waals surface area contributed by atoms with Crippen LogP contribution in [0.3, 0.4) is 0 Å². The third-order valence-electron chi connectivity index (χ3n) is 6.42. The van der Waals surface area contributed by atoms with Crippen molar-refractivity contribution in [3.05, 3.63) is 12.2 Å². The SMILES string of the molecule is CCCCCC1CCC(C2CCC(/C=C/COCC)CC2)CC1. The minimum atomic E-state index is 0.804. The molecule has 0 heterocycles. The lowest BCUT2D eigenvalue weighted by atomic mass is 9.68. The molecule has 0 amide bonds. The minimum absolute atomic E-state index is 0.804. The van der Waals surface area contributed by atoms with E-state index in [0.29, 0.717) is 0 Å². The van der Waals surface area contributed by atoms with Gasteiger partial charge in [-0.15, -0.1) is 0 Å². The highest BCUT2D eigenvalue weighted by atomic mass is 16.5. The predicted molar refractivity (Wildman–Crippen MR) is 101 cm³/mol. The van der Waals surface area contributed by atoms with Crippen LogP contribution in [0.15, 0.2) is 12.2 Å². The number of rotatable bonds is 9. The van der Waals surface area contributed by atoms with E-state index in [1.165, 1.54) is 77.0 Å². The number of ether oxygens (including phenoxy) is 1. The monoisotopic (exact) mass is 320 g/mol. The van der Waals surface area contributed by atoms with Crippen LogP contribution in [0, 0.1) is 23.7 Å². The maximum atomic E-state index is 5.40. The van der Waals surface area contributed by atoms with Gasteiger partial charge in [0.25, 0.3) is 0 Å². The van der Waals surface area contributed by atoms with Crippen molar-refractivity contribution in [1.29, 1.82) is 0 Å². The van der Waals surface area contributed by atoms with E-state index in [1.54, 1.807) is 0 Å². The molecule has 2 saturated carbocycles. The average molecular weight is 321 g/mol. The van der Waals surface area contributed by atoms with Crippen molar-refractivity contribution in [2.24, 2.45) is 23.7 Å². The Balaban J connectivity index is 1.60. The van der Waals surface area contributed by atoms with Crippen molar-refractivity contribution in [2.75, 3.05) is 13.2 Å². The molecule has 2 aliphatic rings. The first-order chi connectivity index (χ1) is 11.3. The van der Waals surface area contributed by atoms with Crippen LogP contribution in [0.2, 0.25) is 0 Å². The van der Waals surface area contributed by atoms with Gasteiger partial charge in [-0.3, -0.25) is 0 Å². The Hall–Kier alpha value is -0.300. The molecule has 0 aromatic carbocycles. The van der Waals surface area contributed by atoms with Gasteiger partial charge in [0, 0.05) is 6.61 Å². The van der Waals surface area contributed by atoms with Crippen molar-refractivity contribution in [3.63, 3.8) is 0 Å². The quantitative estimate of drug-likeness (QED) is 0.336. The van der Waals surface area contributed by atoms with Gasteiger partial charge in [0.1, 0.15) is 0 Å². The molecule has 0 bridgehead atoms. The largest absolute Gasteiger partial charge is 0.378 e. The summed E-state index contributed by atoms with van der Waals surface area (Å²) in [5.74, 6) is 4.00. The number of allylic oxidation sites excluding steroid dienone is 1. The van der Waals surface area contributed by atoms with E-state index < -0.39 is 0 Å². The van der Waals surface area contributed by atoms with Crippen LogP contribution in [-0.2, 0) is 4.74 Å². The Morgan fingerprint density at radius 3 is 2.09 bits per heavy atom. The molecule has 134 valence electrons. The topological polar surface area (TPSA) is 9.23 Å². The van der Waals surface area contributed by atoms with Gasteiger partial charge >= 0.3 is 0 Å². The predicted octanol–water partition coefficient (Wildman–Crippen LogP) is 6.77. The lowest BCUT2D eigenvalue weighted by molar-refractivity contribution is 0.151. The van der Waals surface area contributed by atoms with Crippen molar-refractivity contribution in [2.45, 2.75) is 90.9 Å². The third kappa shape index (κ3) is 6.99. The molecule has 2 aliphatic carbocycles. The normalized spacial score (nSPS) is 32.4. The molecule has 2 fully saturated rings. The Labute approximate surface area is 145 Å². The van der Waals surface area contributed by atoms with Crippen molar-refractivity contribution in [3.8, 4) is 0 Å². The average Bonchev–Trinajstić information content (AvgIpc) is 2.60. The second-order valence-corrected chi connectivity index (χ2v) is 8.04. The zero-order valence-electron chi connectivity index (χ0n) is 15.8. The maximum absolute atomic E-state index is 5.40. The number of hydrogen-bond acceptors (Lipinski definition) is 1. The van der Waals surface area contributed by atoms with Gasteiger partial charge in [-0.25, -0.2) is 0 Å². The third-order valence-corrected chi connectivity index (χ3v) is 6.42. The van der Waals surface area contributed by atoms with Crippen LogP contribution < -0.4 is 0 Å². The fraction of sp³-hybridized carbons (Fsp3) is 0.909. The summed E-state index contributed by atoms with van der Waals surface area (Å²) in [6.07, 6.45) is 22.4. The molecule has 1 heteroatoms. The number of unbranched alkanes of at least 4 members (excludes halogenated alkanes) is 2. The standard InChI is InChI=1S/C22H40O/c1-3-5-6-8-19-10-14-21(15-11-19)22-16-12-20(13-17-22)9-7-18-23-4-2/h7,9,19-22H,3-6,8,10-18H2,1-2H3/b9-7+. The summed E-state index contributed by atoms with van der Waals surface area (Å²) in [6.45, 7) is 6.02. The molecule has 0 saturated heterocycles. The summed E-state index contributed by atoms with van der Waals surface area (Å²) >= 11 is 0. The first kappa shape index (κ1) is 19.0. The summed E-state index contributed by atoms with van der Waals surface area (Å²) in [6, 6.07) is 0. The summed E-state index contributed by atoms with van der Waals surface area (Å²) in [4.78, 5) is 0. The first-order valence-electron chi connectivity index (χ1n) is 10.6. The van der Waals surface area contributed by atoms with E-state index in [4.69, 9.17) is 4.74 Å². The molecule has 0 aliphatic heterocycles. The lowest BCUT2D eigenvalue weighted by Gasteiger charge is -2.37. The van der Waals surface area contributed by atoms with Crippen molar-refractivity contribution >= 4 is 0 Å². The second-order valence-electron chi connectivity index (χ2n) is 8.04. The molecule has 0 aromatic heterocycles. The van der Waals surface area contributed by atoms with Gasteiger partial charge in [-0.2, -0.15) is 0 Å². The Bertz CT molecular complexity index is 306. The zero-order chi connectivity index (χ0) is 16.3. The van der Waals surface area contributed by atoms with Gasteiger partial charge < -0.3 is 4.74 Å². The highest BCUT2D eigenvalue weighted by Crippen LogP contribution is 2.42. The Morgan fingerprint density at radius 2 is 1.48 bits per heavy atom. The smallest absolute Gasteiger partial charge is 0.0647 e. The highest BCUT2D eigenvalue weighted by molar-refractivity contribution is 4.92. The van der Waals surface area contributed by atoms with E-state index in [2.05, 4.69) is 26.0 Å². The van der Waals surface area contributed by atoms with Crippen molar-refractivity contribution < 1.29 is 4.74 Å². The van der Waals surface area contributed by atoms with Crippen LogP contribution in [0.4, 0.5) is 0 Å². The minimum Gasteiger partial charge on any atom is -0.378 e. The lowest BCUT2D eigenvalue weighted by Crippen LogP contribution is -2.25. The van der Waals surface area contributed by atoms with Crippen LogP contribution in [-0.4, -0.2) is 13.2 Å². The van der Waals surface area contributed by atoms with Crippen LogP contribution in [0.5, 0.6) is 0 Å². The van der Waals surface area contributed by atoms with E-state index in [-0.39, 0.29) is 0 Å². The molecule has 2 rings (SSSR count). The fourth-order valence-corrected chi connectivity index (χ4v) is 4.87. The summed E-state index contributed by atoms with van der Waals surface area (Å²) in [7, 11) is 0. The molecule has 1 nitrogen and oxygen atoms in total. The van der Waals surface area contributed by atoms with E-state index in [0.717, 1.165) is 36.9 Å². The molecule has 0 atom stereocenters. The molecule has 0 spiro atoms. The summed E-state index contributed by atoms with van der Waals surface area (Å²) < 4.78 is 5.40. The van der Waals surface area contributed by atoms with Crippen molar-refractivity contribution in [1.82, 2.24) is 0 Å². The van der Waals surface area contributed by atoms with Crippen LogP contribution in [0.25, 0.3) is 0 Å². The summed E-state index contributed by atoms with van der Waals surface area (Å²) in [5, 5.41) is 0. The zero-order valence-corrected chi connectivity index (χ0v) is 15.8.